The molecule has 15 heavy (non-hydrogen) atoms. The van der Waals surface area contributed by atoms with Gasteiger partial charge in [0.25, 0.3) is 0 Å². The first-order valence-corrected chi connectivity index (χ1v) is 4.93. The van der Waals surface area contributed by atoms with Crippen molar-refractivity contribution >= 4 is 23.2 Å². The average Bonchev–Trinajstić information content (AvgIpc) is 2.70. The first-order chi connectivity index (χ1) is 7.22. The van der Waals surface area contributed by atoms with E-state index in [-0.39, 0.29) is 6.61 Å². The zero-order chi connectivity index (χ0) is 10.8. The molecular formula is C9H7Cl2N3O. The first kappa shape index (κ1) is 10.4. The number of rotatable bonds is 2. The fourth-order valence-corrected chi connectivity index (χ4v) is 1.51. The molecule has 1 N–H and O–H groups in total. The van der Waals surface area contributed by atoms with Crippen LogP contribution in [0.1, 0.15) is 5.82 Å². The van der Waals surface area contributed by atoms with Gasteiger partial charge in [0.1, 0.15) is 12.9 Å². The number of benzene rings is 1. The second-order valence-corrected chi connectivity index (χ2v) is 3.69. The van der Waals surface area contributed by atoms with Crippen molar-refractivity contribution in [1.29, 1.82) is 0 Å². The monoisotopic (exact) mass is 243 g/mol. The molecule has 0 atom stereocenters. The molecule has 0 radical (unpaired) electrons. The third kappa shape index (κ3) is 1.97. The van der Waals surface area contributed by atoms with Gasteiger partial charge in [-0.25, -0.2) is 0 Å². The molecule has 0 spiro atoms. The largest absolute Gasteiger partial charge is 0.388 e. The molecule has 0 saturated carbocycles. The summed E-state index contributed by atoms with van der Waals surface area (Å²) in [5.74, 6) is 0.452. The van der Waals surface area contributed by atoms with Crippen molar-refractivity contribution in [1.82, 2.24) is 14.8 Å². The summed E-state index contributed by atoms with van der Waals surface area (Å²) >= 11 is 11.7. The van der Waals surface area contributed by atoms with Crippen molar-refractivity contribution in [2.45, 2.75) is 6.61 Å². The van der Waals surface area contributed by atoms with Gasteiger partial charge >= 0.3 is 0 Å². The maximum atomic E-state index is 9.01. The Morgan fingerprint density at radius 2 is 2.07 bits per heavy atom. The summed E-state index contributed by atoms with van der Waals surface area (Å²) in [4.78, 5) is 0. The lowest BCUT2D eigenvalue weighted by atomic mass is 10.3. The second-order valence-electron chi connectivity index (χ2n) is 2.87. The molecule has 1 aromatic heterocycles. The van der Waals surface area contributed by atoms with E-state index in [0.29, 0.717) is 15.9 Å². The Kier molecular flexibility index (Phi) is 2.90. The van der Waals surface area contributed by atoms with E-state index in [0.717, 1.165) is 5.69 Å². The molecule has 4 nitrogen and oxygen atoms in total. The minimum atomic E-state index is -0.180. The smallest absolute Gasteiger partial charge is 0.163 e. The van der Waals surface area contributed by atoms with Crippen LogP contribution in [0.4, 0.5) is 0 Å². The molecule has 2 aromatic rings. The van der Waals surface area contributed by atoms with Crippen LogP contribution in [-0.2, 0) is 6.61 Å². The molecule has 1 heterocycles. The molecule has 78 valence electrons. The highest BCUT2D eigenvalue weighted by atomic mass is 35.5. The summed E-state index contributed by atoms with van der Waals surface area (Å²) in [7, 11) is 0. The number of hydrogen-bond acceptors (Lipinski definition) is 3. The zero-order valence-corrected chi connectivity index (χ0v) is 9.07. The van der Waals surface area contributed by atoms with Crippen LogP contribution in [0.2, 0.25) is 10.0 Å². The summed E-state index contributed by atoms with van der Waals surface area (Å²) in [5, 5.41) is 17.4. The molecule has 0 saturated heterocycles. The van der Waals surface area contributed by atoms with Gasteiger partial charge in [0, 0.05) is 5.69 Å². The van der Waals surface area contributed by atoms with Gasteiger partial charge in [-0.05, 0) is 18.2 Å². The van der Waals surface area contributed by atoms with Crippen LogP contribution in [0.3, 0.4) is 0 Å². The third-order valence-electron chi connectivity index (χ3n) is 1.94. The molecule has 0 unspecified atom stereocenters. The van der Waals surface area contributed by atoms with E-state index in [9.17, 15) is 0 Å². The molecule has 0 fully saturated rings. The van der Waals surface area contributed by atoms with E-state index < -0.39 is 0 Å². The van der Waals surface area contributed by atoms with Gasteiger partial charge in [-0.1, -0.05) is 23.2 Å². The van der Waals surface area contributed by atoms with E-state index >= 15 is 0 Å². The van der Waals surface area contributed by atoms with Gasteiger partial charge in [-0.2, -0.15) is 0 Å². The minimum absolute atomic E-state index is 0.180. The molecule has 6 heteroatoms. The Morgan fingerprint density at radius 3 is 2.73 bits per heavy atom. The van der Waals surface area contributed by atoms with E-state index in [1.54, 1.807) is 22.8 Å². The maximum Gasteiger partial charge on any atom is 0.163 e. The highest BCUT2D eigenvalue weighted by Crippen LogP contribution is 2.24. The summed E-state index contributed by atoms with van der Waals surface area (Å²) in [5.41, 5.74) is 0.762. The zero-order valence-electron chi connectivity index (χ0n) is 7.56. The molecule has 0 bridgehead atoms. The van der Waals surface area contributed by atoms with Gasteiger partial charge in [0.2, 0.25) is 0 Å². The summed E-state index contributed by atoms with van der Waals surface area (Å²) < 4.78 is 1.64. The van der Waals surface area contributed by atoms with Crippen LogP contribution in [0, 0.1) is 0 Å². The van der Waals surface area contributed by atoms with Crippen LogP contribution in [0.25, 0.3) is 5.69 Å². The number of nitrogens with zero attached hydrogens (tertiary/aromatic N) is 3. The van der Waals surface area contributed by atoms with Crippen molar-refractivity contribution in [3.05, 3.63) is 40.4 Å². The normalized spacial score (nSPS) is 10.6. The fraction of sp³-hybridized carbons (Fsp3) is 0.111. The SMILES string of the molecule is OCc1nncn1-c1ccc(Cl)c(Cl)c1. The number of aromatic nitrogens is 3. The molecule has 0 amide bonds. The Labute approximate surface area is 96.1 Å². The molecule has 0 aliphatic carbocycles. The molecule has 2 rings (SSSR count). The maximum absolute atomic E-state index is 9.01. The first-order valence-electron chi connectivity index (χ1n) is 4.17. The van der Waals surface area contributed by atoms with Crippen LogP contribution in [0.5, 0.6) is 0 Å². The van der Waals surface area contributed by atoms with Crippen molar-refractivity contribution in [3.63, 3.8) is 0 Å². The van der Waals surface area contributed by atoms with E-state index in [4.69, 9.17) is 28.3 Å². The molecule has 1 aromatic carbocycles. The van der Waals surface area contributed by atoms with Crippen molar-refractivity contribution in [2.75, 3.05) is 0 Å². The fourth-order valence-electron chi connectivity index (χ4n) is 1.22. The Hall–Kier alpha value is -1.10. The number of halogens is 2. The number of hydrogen-bond donors (Lipinski definition) is 1. The third-order valence-corrected chi connectivity index (χ3v) is 2.68. The van der Waals surface area contributed by atoms with Gasteiger partial charge in [0.05, 0.1) is 10.0 Å². The topological polar surface area (TPSA) is 50.9 Å². The lowest BCUT2D eigenvalue weighted by Gasteiger charge is -2.05. The van der Waals surface area contributed by atoms with Crippen molar-refractivity contribution < 1.29 is 5.11 Å². The Balaban J connectivity index is 2.50. The second kappa shape index (κ2) is 4.18. The van der Waals surface area contributed by atoms with Gasteiger partial charge in [0.15, 0.2) is 5.82 Å². The standard InChI is InChI=1S/C9H7Cl2N3O/c10-7-2-1-6(3-8(7)11)14-5-12-13-9(14)4-15/h1-3,5,15H,4H2. The summed E-state index contributed by atoms with van der Waals surface area (Å²) in [6.45, 7) is -0.180. The lowest BCUT2D eigenvalue weighted by molar-refractivity contribution is 0.269. The van der Waals surface area contributed by atoms with Gasteiger partial charge in [-0.15, -0.1) is 10.2 Å². The van der Waals surface area contributed by atoms with E-state index in [1.807, 2.05) is 0 Å². The van der Waals surface area contributed by atoms with Gasteiger partial charge in [-0.3, -0.25) is 4.57 Å². The van der Waals surface area contributed by atoms with E-state index in [1.165, 1.54) is 6.33 Å². The van der Waals surface area contributed by atoms with Gasteiger partial charge < -0.3 is 5.11 Å². The molecule has 0 aliphatic heterocycles. The van der Waals surface area contributed by atoms with Crippen molar-refractivity contribution in [2.24, 2.45) is 0 Å². The number of aliphatic hydroxyl groups excluding tert-OH is 1. The number of aliphatic hydroxyl groups is 1. The molecular weight excluding hydrogens is 237 g/mol. The van der Waals surface area contributed by atoms with Crippen molar-refractivity contribution in [3.8, 4) is 5.69 Å². The lowest BCUT2D eigenvalue weighted by Crippen LogP contribution is -1.99. The Bertz CT molecular complexity index is 484. The Morgan fingerprint density at radius 1 is 1.27 bits per heavy atom. The van der Waals surface area contributed by atoms with Crippen LogP contribution < -0.4 is 0 Å². The van der Waals surface area contributed by atoms with Crippen LogP contribution >= 0.6 is 23.2 Å². The summed E-state index contributed by atoms with van der Waals surface area (Å²) in [6, 6.07) is 5.14. The quantitative estimate of drug-likeness (QED) is 0.879. The van der Waals surface area contributed by atoms with Crippen LogP contribution in [0.15, 0.2) is 24.5 Å². The average molecular weight is 244 g/mol. The van der Waals surface area contributed by atoms with E-state index in [2.05, 4.69) is 10.2 Å². The van der Waals surface area contributed by atoms with Crippen LogP contribution in [-0.4, -0.2) is 19.9 Å². The summed E-state index contributed by atoms with van der Waals surface area (Å²) in [6.07, 6.45) is 1.51. The highest BCUT2D eigenvalue weighted by molar-refractivity contribution is 6.42. The predicted molar refractivity (Wildman–Crippen MR) is 57.3 cm³/mol. The predicted octanol–water partition coefficient (Wildman–Crippen LogP) is 2.07. The minimum Gasteiger partial charge on any atom is -0.388 e. The highest BCUT2D eigenvalue weighted by Gasteiger charge is 2.06. The molecule has 0 aliphatic rings.